The average molecular weight is 383 g/mol. The van der Waals surface area contributed by atoms with Crippen molar-refractivity contribution in [2.24, 2.45) is 17.8 Å². The first-order chi connectivity index (χ1) is 13.4. The minimum atomic E-state index is -1.16. The van der Waals surface area contributed by atoms with Gasteiger partial charge in [-0.2, -0.15) is 0 Å². The molecule has 4 rings (SSSR count). The number of imide groups is 1. The summed E-state index contributed by atoms with van der Waals surface area (Å²) in [6.45, 7) is 8.60. The topological polar surface area (TPSA) is 78.5 Å². The number of amides is 3. The number of carbonyl (C=O) groups is 3. The van der Waals surface area contributed by atoms with Crippen LogP contribution in [0, 0.1) is 17.8 Å². The molecule has 150 valence electrons. The number of nitrogens with one attached hydrogen (secondary N) is 2. The normalized spacial score (nSPS) is 31.1. The zero-order valence-electron chi connectivity index (χ0n) is 17.0. The van der Waals surface area contributed by atoms with Gasteiger partial charge in [0.2, 0.25) is 17.7 Å². The largest absolute Gasteiger partial charge is 0.324 e. The fraction of sp³-hybridized carbons (Fsp3) is 0.591. The summed E-state index contributed by atoms with van der Waals surface area (Å²) in [4.78, 5) is 41.4. The van der Waals surface area contributed by atoms with Crippen molar-refractivity contribution in [1.29, 1.82) is 0 Å². The molecular weight excluding hydrogens is 354 g/mol. The zero-order valence-corrected chi connectivity index (χ0v) is 17.0. The maximum absolute atomic E-state index is 13.4. The fourth-order valence-corrected chi connectivity index (χ4v) is 5.29. The number of unbranched alkanes of at least 4 members (excludes halogenated alkanes) is 1. The Labute approximate surface area is 166 Å². The van der Waals surface area contributed by atoms with Gasteiger partial charge >= 0.3 is 0 Å². The van der Waals surface area contributed by atoms with Gasteiger partial charge in [-0.25, -0.2) is 0 Å². The van der Waals surface area contributed by atoms with Crippen LogP contribution in [0.15, 0.2) is 18.2 Å². The highest BCUT2D eigenvalue weighted by atomic mass is 16.2. The SMILES string of the molecule is CCCCN1C(=O)C2C(C(C)C)NC3(C(=O)Nc4c(CC)cccc43)C2C1=O. The molecule has 2 N–H and O–H groups in total. The summed E-state index contributed by atoms with van der Waals surface area (Å²) >= 11 is 0. The molecule has 2 fully saturated rings. The van der Waals surface area contributed by atoms with Gasteiger partial charge in [0.1, 0.15) is 5.54 Å². The molecule has 3 aliphatic heterocycles. The number of nitrogens with zero attached hydrogens (tertiary/aromatic N) is 1. The molecule has 3 aliphatic rings. The van der Waals surface area contributed by atoms with Crippen molar-refractivity contribution >= 4 is 23.4 Å². The Balaban J connectivity index is 1.87. The summed E-state index contributed by atoms with van der Waals surface area (Å²) in [6, 6.07) is 5.65. The Morgan fingerprint density at radius 3 is 2.54 bits per heavy atom. The summed E-state index contributed by atoms with van der Waals surface area (Å²) in [5.41, 5.74) is 1.51. The Morgan fingerprint density at radius 2 is 1.89 bits per heavy atom. The molecule has 6 nitrogen and oxygen atoms in total. The maximum Gasteiger partial charge on any atom is 0.250 e. The first-order valence-electron chi connectivity index (χ1n) is 10.4. The number of carbonyl (C=O) groups excluding carboxylic acids is 3. The molecule has 6 heteroatoms. The van der Waals surface area contributed by atoms with Crippen molar-refractivity contribution in [2.75, 3.05) is 11.9 Å². The second kappa shape index (κ2) is 6.69. The van der Waals surface area contributed by atoms with Gasteiger partial charge in [0, 0.05) is 23.8 Å². The summed E-state index contributed by atoms with van der Waals surface area (Å²) in [5.74, 6) is -1.59. The second-order valence-corrected chi connectivity index (χ2v) is 8.55. The van der Waals surface area contributed by atoms with Crippen LogP contribution >= 0.6 is 0 Å². The van der Waals surface area contributed by atoms with E-state index in [9.17, 15) is 14.4 Å². The average Bonchev–Trinajstić information content (AvgIpc) is 3.26. The highest BCUT2D eigenvalue weighted by molar-refractivity contribution is 6.15. The van der Waals surface area contributed by atoms with E-state index in [-0.39, 0.29) is 29.7 Å². The Bertz CT molecular complexity index is 849. The summed E-state index contributed by atoms with van der Waals surface area (Å²) in [7, 11) is 0. The number of para-hydroxylation sites is 1. The molecule has 0 bridgehead atoms. The van der Waals surface area contributed by atoms with Crippen LogP contribution in [0.2, 0.25) is 0 Å². The van der Waals surface area contributed by atoms with Crippen molar-refractivity contribution in [3.8, 4) is 0 Å². The first kappa shape index (κ1) is 19.1. The number of aryl methyl sites for hydroxylation is 1. The highest BCUT2D eigenvalue weighted by Gasteiger charge is 2.70. The van der Waals surface area contributed by atoms with E-state index in [4.69, 9.17) is 0 Å². The number of benzene rings is 1. The summed E-state index contributed by atoms with van der Waals surface area (Å²) < 4.78 is 0. The van der Waals surface area contributed by atoms with Crippen LogP contribution < -0.4 is 10.6 Å². The molecule has 0 aromatic heterocycles. The van der Waals surface area contributed by atoms with E-state index in [1.165, 1.54) is 4.90 Å². The van der Waals surface area contributed by atoms with Crippen molar-refractivity contribution < 1.29 is 14.4 Å². The molecule has 1 spiro atoms. The van der Waals surface area contributed by atoms with E-state index in [1.807, 2.05) is 45.9 Å². The first-order valence-corrected chi connectivity index (χ1v) is 10.4. The zero-order chi connectivity index (χ0) is 20.2. The smallest absolute Gasteiger partial charge is 0.250 e. The van der Waals surface area contributed by atoms with Gasteiger partial charge in [-0.3, -0.25) is 24.6 Å². The second-order valence-electron chi connectivity index (χ2n) is 8.55. The van der Waals surface area contributed by atoms with Gasteiger partial charge in [0.25, 0.3) is 0 Å². The van der Waals surface area contributed by atoms with E-state index in [1.54, 1.807) is 0 Å². The molecule has 0 radical (unpaired) electrons. The van der Waals surface area contributed by atoms with Crippen LogP contribution in [0.4, 0.5) is 5.69 Å². The maximum atomic E-state index is 13.4. The molecule has 1 aromatic carbocycles. The number of fused-ring (bicyclic) bond motifs is 4. The monoisotopic (exact) mass is 383 g/mol. The minimum Gasteiger partial charge on any atom is -0.324 e. The van der Waals surface area contributed by atoms with Crippen LogP contribution in [-0.2, 0) is 26.3 Å². The molecule has 3 heterocycles. The lowest BCUT2D eigenvalue weighted by atomic mass is 9.75. The molecular formula is C22H29N3O3. The van der Waals surface area contributed by atoms with Crippen LogP contribution in [0.1, 0.15) is 51.7 Å². The number of hydrogen-bond donors (Lipinski definition) is 2. The van der Waals surface area contributed by atoms with Crippen molar-refractivity contribution in [3.63, 3.8) is 0 Å². The van der Waals surface area contributed by atoms with Crippen molar-refractivity contribution in [3.05, 3.63) is 29.3 Å². The van der Waals surface area contributed by atoms with E-state index < -0.39 is 17.4 Å². The highest BCUT2D eigenvalue weighted by Crippen LogP contribution is 2.54. The van der Waals surface area contributed by atoms with Crippen LogP contribution in [0.5, 0.6) is 0 Å². The molecule has 1 aromatic rings. The van der Waals surface area contributed by atoms with E-state index in [2.05, 4.69) is 10.6 Å². The summed E-state index contributed by atoms with van der Waals surface area (Å²) in [5, 5.41) is 6.51. The van der Waals surface area contributed by atoms with E-state index in [0.29, 0.717) is 6.54 Å². The predicted molar refractivity (Wildman–Crippen MR) is 106 cm³/mol. The van der Waals surface area contributed by atoms with Crippen LogP contribution in [0.25, 0.3) is 0 Å². The Morgan fingerprint density at radius 1 is 1.14 bits per heavy atom. The third-order valence-corrected chi connectivity index (χ3v) is 6.70. The van der Waals surface area contributed by atoms with Gasteiger partial charge in [-0.15, -0.1) is 0 Å². The Hall–Kier alpha value is -2.21. The quantitative estimate of drug-likeness (QED) is 0.766. The van der Waals surface area contributed by atoms with Crippen molar-refractivity contribution in [2.45, 2.75) is 58.5 Å². The van der Waals surface area contributed by atoms with Gasteiger partial charge in [0.15, 0.2) is 0 Å². The van der Waals surface area contributed by atoms with E-state index >= 15 is 0 Å². The van der Waals surface area contributed by atoms with Crippen molar-refractivity contribution in [1.82, 2.24) is 10.2 Å². The van der Waals surface area contributed by atoms with Gasteiger partial charge in [0.05, 0.1) is 11.8 Å². The lowest BCUT2D eigenvalue weighted by Crippen LogP contribution is -2.54. The predicted octanol–water partition coefficient (Wildman–Crippen LogP) is 2.43. The molecule has 0 saturated carbocycles. The molecule has 4 unspecified atom stereocenters. The number of hydrogen-bond acceptors (Lipinski definition) is 4. The van der Waals surface area contributed by atoms with Gasteiger partial charge in [-0.05, 0) is 24.3 Å². The third-order valence-electron chi connectivity index (χ3n) is 6.70. The number of rotatable bonds is 5. The minimum absolute atomic E-state index is 0.126. The fourth-order valence-electron chi connectivity index (χ4n) is 5.29. The standard InChI is InChI=1S/C22H29N3O3/c1-5-7-11-25-19(26)15-16(20(25)27)22(24-17(15)12(3)4)14-10-8-9-13(6-2)18(14)23-21(22)28/h8-10,12,15-17,24H,5-7,11H2,1-4H3,(H,23,28). The van der Waals surface area contributed by atoms with Gasteiger partial charge < -0.3 is 5.32 Å². The Kier molecular flexibility index (Phi) is 4.57. The lowest BCUT2D eigenvalue weighted by Gasteiger charge is -2.30. The molecule has 2 saturated heterocycles. The van der Waals surface area contributed by atoms with Crippen LogP contribution in [-0.4, -0.2) is 35.2 Å². The third kappa shape index (κ3) is 2.33. The number of likely N-dealkylation sites (tertiary alicyclic amines) is 1. The molecule has 28 heavy (non-hydrogen) atoms. The van der Waals surface area contributed by atoms with Gasteiger partial charge in [-0.1, -0.05) is 52.3 Å². The summed E-state index contributed by atoms with van der Waals surface area (Å²) in [6.07, 6.45) is 2.48. The van der Waals surface area contributed by atoms with E-state index in [0.717, 1.165) is 36.1 Å². The molecule has 4 atom stereocenters. The molecule has 0 aliphatic carbocycles. The number of anilines is 1. The lowest BCUT2D eigenvalue weighted by molar-refractivity contribution is -0.143. The van der Waals surface area contributed by atoms with Crippen LogP contribution in [0.3, 0.4) is 0 Å². The molecule has 3 amide bonds.